The molecule has 210 valence electrons. The summed E-state index contributed by atoms with van der Waals surface area (Å²) in [7, 11) is 0. The average molecular weight is 544 g/mol. The predicted octanol–water partition coefficient (Wildman–Crippen LogP) is 8.79. The first kappa shape index (κ1) is 27.5. The zero-order chi connectivity index (χ0) is 28.8. The van der Waals surface area contributed by atoms with E-state index < -0.39 is 0 Å². The molecule has 2 aliphatic rings. The van der Waals surface area contributed by atoms with Gasteiger partial charge in [0.1, 0.15) is 0 Å². The van der Waals surface area contributed by atoms with Crippen LogP contribution in [0.2, 0.25) is 0 Å². The van der Waals surface area contributed by atoms with Gasteiger partial charge >= 0.3 is 0 Å². The number of aliphatic hydroxyl groups excluding tert-OH is 1. The first-order valence-electron chi connectivity index (χ1n) is 15.3. The van der Waals surface area contributed by atoms with Crippen molar-refractivity contribution in [3.8, 4) is 0 Å². The van der Waals surface area contributed by atoms with Crippen molar-refractivity contribution < 1.29 is 9.68 Å². The van der Waals surface area contributed by atoms with E-state index in [4.69, 9.17) is 0 Å². The normalized spacial score (nSPS) is 18.3. The van der Waals surface area contributed by atoms with Gasteiger partial charge in [-0.15, -0.1) is 0 Å². The predicted molar refractivity (Wildman–Crippen MR) is 175 cm³/mol. The summed E-state index contributed by atoms with van der Waals surface area (Å²) in [6.45, 7) is 13.7. The molecule has 41 heavy (non-hydrogen) atoms. The lowest BCUT2D eigenvalue weighted by molar-refractivity contribution is -0.438. The van der Waals surface area contributed by atoms with E-state index in [0.29, 0.717) is 0 Å². The third-order valence-electron chi connectivity index (χ3n) is 9.29. The van der Waals surface area contributed by atoms with Crippen LogP contribution < -0.4 is 4.90 Å². The van der Waals surface area contributed by atoms with Crippen molar-refractivity contribution in [3.05, 3.63) is 108 Å². The highest BCUT2D eigenvalue weighted by molar-refractivity contribution is 6.07. The van der Waals surface area contributed by atoms with Crippen molar-refractivity contribution in [2.24, 2.45) is 0 Å². The summed E-state index contributed by atoms with van der Waals surface area (Å²) in [6.07, 6.45) is 10.0. The number of hydrogen-bond acceptors (Lipinski definition) is 2. The Balaban J connectivity index is 1.46. The van der Waals surface area contributed by atoms with Gasteiger partial charge in [-0.05, 0) is 65.6 Å². The Hall–Kier alpha value is -3.69. The van der Waals surface area contributed by atoms with Crippen LogP contribution in [0.1, 0.15) is 65.0 Å². The topological polar surface area (TPSA) is 26.5 Å². The van der Waals surface area contributed by atoms with Crippen LogP contribution in [0.5, 0.6) is 0 Å². The van der Waals surface area contributed by atoms with Gasteiger partial charge in [0.15, 0.2) is 12.3 Å². The molecule has 0 unspecified atom stereocenters. The van der Waals surface area contributed by atoms with Gasteiger partial charge in [-0.3, -0.25) is 0 Å². The van der Waals surface area contributed by atoms with Crippen LogP contribution >= 0.6 is 0 Å². The van der Waals surface area contributed by atoms with Gasteiger partial charge in [-0.1, -0.05) is 87.9 Å². The monoisotopic (exact) mass is 543 g/mol. The van der Waals surface area contributed by atoms with Crippen molar-refractivity contribution in [2.75, 3.05) is 24.6 Å². The fraction of sp³-hybridized carbons (Fsp3) is 0.342. The van der Waals surface area contributed by atoms with Crippen molar-refractivity contribution in [1.29, 1.82) is 0 Å². The molecule has 3 heteroatoms. The fourth-order valence-electron chi connectivity index (χ4n) is 7.33. The second-order valence-corrected chi connectivity index (χ2v) is 12.6. The summed E-state index contributed by atoms with van der Waals surface area (Å²) in [5.41, 5.74) is 7.79. The molecule has 2 heterocycles. The van der Waals surface area contributed by atoms with Crippen LogP contribution in [-0.4, -0.2) is 35.1 Å². The quantitative estimate of drug-likeness (QED) is 0.225. The average Bonchev–Trinajstić information content (AvgIpc) is 3.33. The molecule has 0 aromatic heterocycles. The molecule has 0 amide bonds. The molecule has 6 rings (SSSR count). The molecule has 1 N–H and O–H groups in total. The maximum absolute atomic E-state index is 9.73. The summed E-state index contributed by atoms with van der Waals surface area (Å²) >= 11 is 0. The number of nitrogens with zero attached hydrogens (tertiary/aromatic N) is 2. The minimum absolute atomic E-state index is 0.111. The third kappa shape index (κ3) is 4.42. The van der Waals surface area contributed by atoms with E-state index in [1.165, 1.54) is 61.9 Å². The van der Waals surface area contributed by atoms with Crippen molar-refractivity contribution in [2.45, 2.75) is 64.7 Å². The SMILES string of the molecule is CCCCN1/C(=C\C=C\C2=[N+](CCCO)c3ccc4ccccc4c3C2(C)C)C(C)(C)c2c1ccc1ccccc21. The number of allylic oxidation sites excluding steroid dienone is 4. The zero-order valence-corrected chi connectivity index (χ0v) is 25.2. The van der Waals surface area contributed by atoms with Crippen molar-refractivity contribution in [3.63, 3.8) is 0 Å². The van der Waals surface area contributed by atoms with E-state index in [-0.39, 0.29) is 17.4 Å². The molecule has 4 aromatic carbocycles. The molecule has 0 fully saturated rings. The summed E-state index contributed by atoms with van der Waals surface area (Å²) in [6, 6.07) is 26.6. The summed E-state index contributed by atoms with van der Waals surface area (Å²) in [5, 5.41) is 15.0. The van der Waals surface area contributed by atoms with Crippen LogP contribution in [0.15, 0.2) is 96.7 Å². The van der Waals surface area contributed by atoms with E-state index in [9.17, 15) is 5.11 Å². The largest absolute Gasteiger partial charge is 0.396 e. The number of benzene rings is 4. The third-order valence-corrected chi connectivity index (χ3v) is 9.29. The number of anilines is 1. The van der Waals surface area contributed by atoms with Crippen LogP contribution in [0.3, 0.4) is 0 Å². The minimum Gasteiger partial charge on any atom is -0.396 e. The van der Waals surface area contributed by atoms with Crippen molar-refractivity contribution >= 4 is 38.6 Å². The molecule has 2 aliphatic heterocycles. The number of aliphatic hydroxyl groups is 1. The van der Waals surface area contributed by atoms with Gasteiger partial charge in [0.05, 0.1) is 5.41 Å². The molecule has 4 aromatic rings. The molecule has 3 nitrogen and oxygen atoms in total. The molecule has 0 saturated heterocycles. The Labute approximate surface area is 245 Å². The molecular formula is C38H43N2O+. The van der Waals surface area contributed by atoms with Crippen LogP contribution in [0.4, 0.5) is 11.4 Å². The Morgan fingerprint density at radius 1 is 0.780 bits per heavy atom. The first-order valence-corrected chi connectivity index (χ1v) is 15.3. The van der Waals surface area contributed by atoms with Gasteiger partial charge in [0.2, 0.25) is 5.69 Å². The molecule has 0 atom stereocenters. The highest BCUT2D eigenvalue weighted by Gasteiger charge is 2.45. The fourth-order valence-corrected chi connectivity index (χ4v) is 7.33. The lowest BCUT2D eigenvalue weighted by Crippen LogP contribution is -2.28. The maximum atomic E-state index is 9.73. The van der Waals surface area contributed by atoms with Gasteiger partial charge in [-0.25, -0.2) is 0 Å². The lowest BCUT2D eigenvalue weighted by atomic mass is 9.79. The first-order chi connectivity index (χ1) is 19.8. The Morgan fingerprint density at radius 2 is 1.44 bits per heavy atom. The molecule has 0 radical (unpaired) electrons. The number of unbranched alkanes of at least 4 members (excludes halogenated alkanes) is 1. The van der Waals surface area contributed by atoms with Gasteiger partial charge in [0.25, 0.3) is 0 Å². The van der Waals surface area contributed by atoms with Crippen LogP contribution in [0.25, 0.3) is 21.5 Å². The molecule has 0 bridgehead atoms. The zero-order valence-electron chi connectivity index (χ0n) is 25.2. The summed E-state index contributed by atoms with van der Waals surface area (Å²) < 4.78 is 2.43. The Bertz CT molecular complexity index is 1720. The summed E-state index contributed by atoms with van der Waals surface area (Å²) in [4.78, 5) is 2.56. The smallest absolute Gasteiger partial charge is 0.210 e. The minimum atomic E-state index is -0.160. The second kappa shape index (κ2) is 10.6. The van der Waals surface area contributed by atoms with Crippen LogP contribution in [0, 0.1) is 0 Å². The van der Waals surface area contributed by atoms with Crippen LogP contribution in [-0.2, 0) is 10.8 Å². The number of fused-ring (bicyclic) bond motifs is 6. The van der Waals surface area contributed by atoms with E-state index in [0.717, 1.165) is 25.9 Å². The van der Waals surface area contributed by atoms with Gasteiger partial charge in [-0.2, -0.15) is 4.58 Å². The molecular weight excluding hydrogens is 500 g/mol. The standard InChI is InChI=1S/C38H43N2O/c1-6-7-24-39-31-22-20-27-14-8-10-16-29(27)35(31)37(2,3)33(39)18-12-19-34-38(4,5)36-30-17-11-9-15-28(30)21-23-32(36)40(34)25-13-26-41/h8-12,14-23,41H,6-7,13,24-26H2,1-5H3/q+1. The van der Waals surface area contributed by atoms with Gasteiger partial charge < -0.3 is 10.0 Å². The Morgan fingerprint density at radius 3 is 2.12 bits per heavy atom. The lowest BCUT2D eigenvalue weighted by Gasteiger charge is -2.27. The van der Waals surface area contributed by atoms with E-state index >= 15 is 0 Å². The molecule has 0 spiro atoms. The Kier molecular flexibility index (Phi) is 7.11. The maximum Gasteiger partial charge on any atom is 0.210 e. The number of rotatable bonds is 8. The molecule has 0 aliphatic carbocycles. The van der Waals surface area contributed by atoms with E-state index in [1.807, 2.05) is 0 Å². The highest BCUT2D eigenvalue weighted by Crippen LogP contribution is 2.51. The van der Waals surface area contributed by atoms with Gasteiger partial charge in [0, 0.05) is 54.1 Å². The summed E-state index contributed by atoms with van der Waals surface area (Å²) in [5.74, 6) is 0. The van der Waals surface area contributed by atoms with Crippen molar-refractivity contribution in [1.82, 2.24) is 0 Å². The molecule has 0 saturated carbocycles. The van der Waals surface area contributed by atoms with E-state index in [2.05, 4.69) is 135 Å². The number of hydrogen-bond donors (Lipinski definition) is 1. The second-order valence-electron chi connectivity index (χ2n) is 12.6. The highest BCUT2D eigenvalue weighted by atomic mass is 16.3. The van der Waals surface area contributed by atoms with E-state index in [1.54, 1.807) is 0 Å².